The van der Waals surface area contributed by atoms with Gasteiger partial charge < -0.3 is 13.9 Å². The molecule has 3 heterocycles. The third kappa shape index (κ3) is 3.02. The molecule has 0 aliphatic carbocycles. The van der Waals surface area contributed by atoms with Crippen LogP contribution in [0.5, 0.6) is 0 Å². The smallest absolute Gasteiger partial charge is 0.275 e. The number of fused-ring (bicyclic) bond motifs is 1. The van der Waals surface area contributed by atoms with Crippen molar-refractivity contribution in [2.45, 2.75) is 19.4 Å². The number of aromatic nitrogens is 2. The van der Waals surface area contributed by atoms with E-state index in [0.717, 1.165) is 37.1 Å². The van der Waals surface area contributed by atoms with E-state index in [1.807, 2.05) is 23.2 Å². The molecule has 0 saturated carbocycles. The summed E-state index contributed by atoms with van der Waals surface area (Å²) in [6.07, 6.45) is 7.32. The van der Waals surface area contributed by atoms with Gasteiger partial charge in [-0.1, -0.05) is 29.3 Å². The molecule has 7 heteroatoms. The van der Waals surface area contributed by atoms with Crippen molar-refractivity contribution >= 4 is 34.6 Å². The van der Waals surface area contributed by atoms with Gasteiger partial charge in [0.1, 0.15) is 12.1 Å². The van der Waals surface area contributed by atoms with Crippen LogP contribution in [-0.2, 0) is 11.3 Å². The van der Waals surface area contributed by atoms with Gasteiger partial charge in [0.25, 0.3) is 5.56 Å². The van der Waals surface area contributed by atoms with E-state index in [1.165, 1.54) is 4.57 Å². The van der Waals surface area contributed by atoms with Gasteiger partial charge in [0.05, 0.1) is 10.0 Å². The van der Waals surface area contributed by atoms with Crippen molar-refractivity contribution in [2.75, 3.05) is 13.1 Å². The van der Waals surface area contributed by atoms with Crippen LogP contribution in [0.25, 0.3) is 16.6 Å². The summed E-state index contributed by atoms with van der Waals surface area (Å²) in [5, 5.41) is 0.900. The lowest BCUT2D eigenvalue weighted by Crippen LogP contribution is -2.34. The van der Waals surface area contributed by atoms with Crippen LogP contribution in [0, 0.1) is 0 Å². The predicted octanol–water partition coefficient (Wildman–Crippen LogP) is 3.70. The van der Waals surface area contributed by atoms with E-state index in [2.05, 4.69) is 0 Å². The van der Waals surface area contributed by atoms with Gasteiger partial charge in [-0.2, -0.15) is 0 Å². The van der Waals surface area contributed by atoms with Crippen molar-refractivity contribution in [3.8, 4) is 11.1 Å². The number of likely N-dealkylation sites (tertiary alicyclic amines) is 1. The lowest BCUT2D eigenvalue weighted by molar-refractivity contribution is -0.130. The Labute approximate surface area is 160 Å². The second kappa shape index (κ2) is 6.82. The van der Waals surface area contributed by atoms with Crippen molar-refractivity contribution in [1.82, 2.24) is 13.9 Å². The Kier molecular flexibility index (Phi) is 4.51. The summed E-state index contributed by atoms with van der Waals surface area (Å²) in [5.41, 5.74) is 1.88. The molecule has 0 bridgehead atoms. The topological polar surface area (TPSA) is 46.7 Å². The average Bonchev–Trinajstić information content (AvgIpc) is 3.29. The highest BCUT2D eigenvalue weighted by atomic mass is 35.5. The summed E-state index contributed by atoms with van der Waals surface area (Å²) < 4.78 is 3.23. The van der Waals surface area contributed by atoms with Gasteiger partial charge in [-0.3, -0.25) is 9.59 Å². The molecule has 1 amide bonds. The summed E-state index contributed by atoms with van der Waals surface area (Å²) in [7, 11) is 0. The second-order valence-electron chi connectivity index (χ2n) is 6.43. The first-order valence-corrected chi connectivity index (χ1v) is 9.23. The fraction of sp³-hybridized carbons (Fsp3) is 0.263. The molecule has 2 aromatic heterocycles. The minimum Gasteiger partial charge on any atom is -0.341 e. The Morgan fingerprint density at radius 1 is 1.00 bits per heavy atom. The van der Waals surface area contributed by atoms with Gasteiger partial charge in [-0.15, -0.1) is 0 Å². The Bertz CT molecular complexity index is 1050. The van der Waals surface area contributed by atoms with Gasteiger partial charge in [0.2, 0.25) is 5.91 Å². The van der Waals surface area contributed by atoms with Gasteiger partial charge in [0.15, 0.2) is 0 Å². The molecule has 1 aliphatic rings. The van der Waals surface area contributed by atoms with Crippen LogP contribution in [0.4, 0.5) is 0 Å². The average molecular weight is 390 g/mol. The number of nitrogens with zero attached hydrogens (tertiary/aromatic N) is 3. The van der Waals surface area contributed by atoms with Crippen molar-refractivity contribution < 1.29 is 4.79 Å². The molecule has 1 aromatic carbocycles. The number of amides is 1. The standard InChI is InChI=1S/C19H17Cl2N3O2/c20-15-4-3-13(11-16(15)21)14-5-8-23-9-10-24(19(26)18(14)23)12-17(25)22-6-1-2-7-22/h3-5,8-11H,1-2,6-7,12H2. The molecular weight excluding hydrogens is 373 g/mol. The van der Waals surface area contributed by atoms with E-state index in [9.17, 15) is 9.59 Å². The fourth-order valence-electron chi connectivity index (χ4n) is 3.39. The molecule has 0 atom stereocenters. The summed E-state index contributed by atoms with van der Waals surface area (Å²) in [5.74, 6) is -0.0170. The second-order valence-corrected chi connectivity index (χ2v) is 7.25. The van der Waals surface area contributed by atoms with Crippen LogP contribution in [-0.4, -0.2) is 32.9 Å². The predicted molar refractivity (Wildman–Crippen MR) is 103 cm³/mol. The number of carbonyl (C=O) groups is 1. The quantitative estimate of drug-likeness (QED) is 0.685. The highest BCUT2D eigenvalue weighted by Crippen LogP contribution is 2.30. The molecule has 0 radical (unpaired) electrons. The molecule has 1 aliphatic heterocycles. The molecule has 5 nitrogen and oxygen atoms in total. The highest BCUT2D eigenvalue weighted by Gasteiger charge is 2.19. The highest BCUT2D eigenvalue weighted by molar-refractivity contribution is 6.42. The zero-order valence-electron chi connectivity index (χ0n) is 14.0. The van der Waals surface area contributed by atoms with Crippen LogP contribution < -0.4 is 5.56 Å². The molecule has 0 unspecified atom stereocenters. The molecular formula is C19H17Cl2N3O2. The zero-order valence-corrected chi connectivity index (χ0v) is 15.5. The van der Waals surface area contributed by atoms with Crippen molar-refractivity contribution in [3.63, 3.8) is 0 Å². The number of rotatable bonds is 3. The molecule has 3 aromatic rings. The molecule has 0 N–H and O–H groups in total. The number of benzene rings is 1. The fourth-order valence-corrected chi connectivity index (χ4v) is 3.68. The number of halogens is 2. The first kappa shape index (κ1) is 17.2. The van der Waals surface area contributed by atoms with E-state index in [1.54, 1.807) is 28.9 Å². The van der Waals surface area contributed by atoms with E-state index >= 15 is 0 Å². The molecule has 1 fully saturated rings. The van der Waals surface area contributed by atoms with Gasteiger partial charge in [-0.05, 0) is 36.6 Å². The Morgan fingerprint density at radius 3 is 2.50 bits per heavy atom. The number of carbonyl (C=O) groups excluding carboxylic acids is 1. The monoisotopic (exact) mass is 389 g/mol. The molecule has 0 spiro atoms. The minimum atomic E-state index is -0.203. The summed E-state index contributed by atoms with van der Waals surface area (Å²) in [6, 6.07) is 7.14. The lowest BCUT2D eigenvalue weighted by atomic mass is 10.1. The third-order valence-electron chi connectivity index (χ3n) is 4.78. The Hall–Kier alpha value is -2.24. The first-order chi connectivity index (χ1) is 12.5. The van der Waals surface area contributed by atoms with Crippen LogP contribution in [0.3, 0.4) is 0 Å². The molecule has 26 heavy (non-hydrogen) atoms. The van der Waals surface area contributed by atoms with Crippen molar-refractivity contribution in [1.29, 1.82) is 0 Å². The number of hydrogen-bond acceptors (Lipinski definition) is 2. The SMILES string of the molecule is O=C(Cn1ccn2ccc(-c3ccc(Cl)c(Cl)c3)c2c1=O)N1CCCC1. The first-order valence-electron chi connectivity index (χ1n) is 8.48. The third-order valence-corrected chi connectivity index (χ3v) is 5.52. The van der Waals surface area contributed by atoms with Crippen molar-refractivity contribution in [2.24, 2.45) is 0 Å². The van der Waals surface area contributed by atoms with Crippen LogP contribution in [0.2, 0.25) is 10.0 Å². The van der Waals surface area contributed by atoms with Gasteiger partial charge in [0, 0.05) is 37.2 Å². The zero-order chi connectivity index (χ0) is 18.3. The lowest BCUT2D eigenvalue weighted by Gasteiger charge is -2.16. The van der Waals surface area contributed by atoms with Crippen molar-refractivity contribution in [3.05, 3.63) is 63.3 Å². The van der Waals surface area contributed by atoms with Crippen LogP contribution >= 0.6 is 23.2 Å². The largest absolute Gasteiger partial charge is 0.341 e. The minimum absolute atomic E-state index is 0.0170. The van der Waals surface area contributed by atoms with E-state index < -0.39 is 0 Å². The summed E-state index contributed by atoms with van der Waals surface area (Å²) >= 11 is 12.1. The maximum absolute atomic E-state index is 13.0. The number of hydrogen-bond donors (Lipinski definition) is 0. The summed E-state index contributed by atoms with van der Waals surface area (Å²) in [4.78, 5) is 27.2. The van der Waals surface area contributed by atoms with E-state index in [0.29, 0.717) is 15.6 Å². The van der Waals surface area contributed by atoms with Gasteiger partial charge >= 0.3 is 0 Å². The van der Waals surface area contributed by atoms with E-state index in [4.69, 9.17) is 23.2 Å². The normalized spacial score (nSPS) is 14.3. The molecule has 4 rings (SSSR count). The van der Waals surface area contributed by atoms with Crippen LogP contribution in [0.15, 0.2) is 47.7 Å². The van der Waals surface area contributed by atoms with Crippen LogP contribution in [0.1, 0.15) is 12.8 Å². The summed E-state index contributed by atoms with van der Waals surface area (Å²) in [6.45, 7) is 1.60. The maximum Gasteiger partial charge on any atom is 0.275 e. The Morgan fingerprint density at radius 2 is 1.77 bits per heavy atom. The van der Waals surface area contributed by atoms with E-state index in [-0.39, 0.29) is 18.0 Å². The Balaban J connectivity index is 1.75. The van der Waals surface area contributed by atoms with Gasteiger partial charge in [-0.25, -0.2) is 0 Å². The molecule has 134 valence electrons. The maximum atomic E-state index is 13.0. The molecule has 1 saturated heterocycles.